The number of esters is 1. The summed E-state index contributed by atoms with van der Waals surface area (Å²) in [6.07, 6.45) is 7.49. The third-order valence-electron chi connectivity index (χ3n) is 5.26. The number of hydrogen-bond donors (Lipinski definition) is 0. The fourth-order valence-corrected chi connectivity index (χ4v) is 3.80. The van der Waals surface area contributed by atoms with Crippen LogP contribution in [0.4, 0.5) is 8.78 Å². The van der Waals surface area contributed by atoms with Crippen LogP contribution < -0.4 is 4.74 Å². The Kier molecular flexibility index (Phi) is 6.02. The monoisotopic (exact) mass is 358 g/mol. The second kappa shape index (κ2) is 8.43. The van der Waals surface area contributed by atoms with Gasteiger partial charge in [-0.2, -0.15) is 0 Å². The van der Waals surface area contributed by atoms with E-state index in [1.54, 1.807) is 12.1 Å². The smallest absolute Gasteiger partial charge is 0.343 e. The van der Waals surface area contributed by atoms with Crippen molar-refractivity contribution in [2.24, 2.45) is 5.92 Å². The lowest BCUT2D eigenvalue weighted by molar-refractivity contribution is 0.0727. The van der Waals surface area contributed by atoms with Crippen LogP contribution in [0.5, 0.6) is 5.75 Å². The van der Waals surface area contributed by atoms with Gasteiger partial charge >= 0.3 is 5.97 Å². The number of carbonyl (C=O) groups excluding carboxylic acids is 1. The fourth-order valence-electron chi connectivity index (χ4n) is 3.80. The third-order valence-corrected chi connectivity index (χ3v) is 5.26. The van der Waals surface area contributed by atoms with Gasteiger partial charge in [-0.3, -0.25) is 0 Å². The molecule has 0 saturated heterocycles. The summed E-state index contributed by atoms with van der Waals surface area (Å²) in [6, 6.07) is 10.2. The number of benzene rings is 2. The first-order valence-corrected chi connectivity index (χ1v) is 9.34. The first-order valence-electron chi connectivity index (χ1n) is 9.34. The van der Waals surface area contributed by atoms with Crippen molar-refractivity contribution in [1.82, 2.24) is 0 Å². The SMILES string of the molecule is CCCC1CCC(c2ccc(C(=O)Oc3ccc(F)cc3F)cc2)CC1. The van der Waals surface area contributed by atoms with E-state index in [0.717, 1.165) is 18.1 Å². The topological polar surface area (TPSA) is 26.3 Å². The molecule has 0 aliphatic heterocycles. The van der Waals surface area contributed by atoms with Gasteiger partial charge < -0.3 is 4.74 Å². The highest BCUT2D eigenvalue weighted by atomic mass is 19.1. The van der Waals surface area contributed by atoms with Crippen LogP contribution in [0.25, 0.3) is 0 Å². The maximum atomic E-state index is 13.6. The van der Waals surface area contributed by atoms with Gasteiger partial charge in [0.15, 0.2) is 11.6 Å². The minimum atomic E-state index is -0.890. The Hall–Kier alpha value is -2.23. The molecule has 2 nitrogen and oxygen atoms in total. The van der Waals surface area contributed by atoms with E-state index in [1.165, 1.54) is 44.1 Å². The molecular weight excluding hydrogens is 334 g/mol. The number of ether oxygens (including phenoxy) is 1. The van der Waals surface area contributed by atoms with Crippen LogP contribution in [-0.4, -0.2) is 5.97 Å². The Morgan fingerprint density at radius 3 is 2.35 bits per heavy atom. The summed E-state index contributed by atoms with van der Waals surface area (Å²) in [4.78, 5) is 12.2. The highest BCUT2D eigenvalue weighted by Gasteiger charge is 2.22. The van der Waals surface area contributed by atoms with Gasteiger partial charge in [-0.15, -0.1) is 0 Å². The lowest BCUT2D eigenvalue weighted by Gasteiger charge is -2.28. The van der Waals surface area contributed by atoms with Gasteiger partial charge in [0.25, 0.3) is 0 Å². The number of hydrogen-bond acceptors (Lipinski definition) is 2. The first-order chi connectivity index (χ1) is 12.6. The average molecular weight is 358 g/mol. The Morgan fingerprint density at radius 1 is 1.04 bits per heavy atom. The first kappa shape index (κ1) is 18.6. The zero-order valence-corrected chi connectivity index (χ0v) is 15.0. The zero-order valence-electron chi connectivity index (χ0n) is 15.0. The molecule has 26 heavy (non-hydrogen) atoms. The van der Waals surface area contributed by atoms with Crippen LogP contribution in [0.3, 0.4) is 0 Å². The Balaban J connectivity index is 1.61. The normalized spacial score (nSPS) is 20.0. The van der Waals surface area contributed by atoms with Gasteiger partial charge in [-0.05, 0) is 67.3 Å². The number of halogens is 2. The summed E-state index contributed by atoms with van der Waals surface area (Å²) in [5.41, 5.74) is 1.60. The molecule has 0 unspecified atom stereocenters. The van der Waals surface area contributed by atoms with E-state index in [4.69, 9.17) is 4.74 Å². The van der Waals surface area contributed by atoms with Crippen LogP contribution >= 0.6 is 0 Å². The van der Waals surface area contributed by atoms with Crippen molar-refractivity contribution in [3.8, 4) is 5.75 Å². The summed E-state index contributed by atoms with van der Waals surface area (Å²) in [5, 5.41) is 0. The van der Waals surface area contributed by atoms with Crippen molar-refractivity contribution < 1.29 is 18.3 Å². The van der Waals surface area contributed by atoms with Crippen molar-refractivity contribution in [3.63, 3.8) is 0 Å². The van der Waals surface area contributed by atoms with Crippen LogP contribution in [0.1, 0.15) is 67.3 Å². The molecular formula is C22H24F2O2. The Bertz CT molecular complexity index is 747. The van der Waals surface area contributed by atoms with Gasteiger partial charge in [-0.1, -0.05) is 31.9 Å². The van der Waals surface area contributed by atoms with E-state index in [2.05, 4.69) is 6.92 Å². The lowest BCUT2D eigenvalue weighted by Crippen LogP contribution is -2.14. The predicted octanol–water partition coefficient (Wildman–Crippen LogP) is 6.26. The largest absolute Gasteiger partial charge is 0.420 e. The summed E-state index contributed by atoms with van der Waals surface area (Å²) in [5.74, 6) is -1.11. The van der Waals surface area contributed by atoms with E-state index in [1.807, 2.05) is 12.1 Å². The van der Waals surface area contributed by atoms with Crippen LogP contribution in [0.2, 0.25) is 0 Å². The van der Waals surface area contributed by atoms with Crippen molar-refractivity contribution in [2.45, 2.75) is 51.4 Å². The summed E-state index contributed by atoms with van der Waals surface area (Å²) in [7, 11) is 0. The van der Waals surface area contributed by atoms with E-state index >= 15 is 0 Å². The molecule has 0 N–H and O–H groups in total. The average Bonchev–Trinajstić information content (AvgIpc) is 2.65. The third kappa shape index (κ3) is 4.48. The van der Waals surface area contributed by atoms with E-state index in [9.17, 15) is 13.6 Å². The van der Waals surface area contributed by atoms with Crippen molar-refractivity contribution in [2.75, 3.05) is 0 Å². The quantitative estimate of drug-likeness (QED) is 0.466. The van der Waals surface area contributed by atoms with Gasteiger partial charge in [0, 0.05) is 6.07 Å². The van der Waals surface area contributed by atoms with E-state index < -0.39 is 17.6 Å². The van der Waals surface area contributed by atoms with Gasteiger partial charge in [0.2, 0.25) is 0 Å². The molecule has 0 radical (unpaired) electrons. The van der Waals surface area contributed by atoms with Crippen molar-refractivity contribution >= 4 is 5.97 Å². The van der Waals surface area contributed by atoms with E-state index in [0.29, 0.717) is 17.5 Å². The summed E-state index contributed by atoms with van der Waals surface area (Å²) in [6.45, 7) is 2.24. The van der Waals surface area contributed by atoms with Crippen LogP contribution in [0.15, 0.2) is 42.5 Å². The molecule has 2 aromatic carbocycles. The number of carbonyl (C=O) groups is 1. The van der Waals surface area contributed by atoms with Gasteiger partial charge in [-0.25, -0.2) is 13.6 Å². The molecule has 0 bridgehead atoms. The zero-order chi connectivity index (χ0) is 18.5. The Morgan fingerprint density at radius 2 is 1.73 bits per heavy atom. The van der Waals surface area contributed by atoms with Crippen molar-refractivity contribution in [1.29, 1.82) is 0 Å². The lowest BCUT2D eigenvalue weighted by atomic mass is 9.77. The second-order valence-corrected chi connectivity index (χ2v) is 7.09. The van der Waals surface area contributed by atoms with Crippen LogP contribution in [-0.2, 0) is 0 Å². The van der Waals surface area contributed by atoms with Gasteiger partial charge in [0.1, 0.15) is 5.82 Å². The molecule has 0 amide bonds. The molecule has 0 aromatic heterocycles. The molecule has 0 atom stereocenters. The molecule has 1 saturated carbocycles. The molecule has 1 aliphatic rings. The maximum Gasteiger partial charge on any atom is 0.343 e. The molecule has 138 valence electrons. The van der Waals surface area contributed by atoms with Gasteiger partial charge in [0.05, 0.1) is 5.56 Å². The minimum absolute atomic E-state index is 0.269. The molecule has 1 aliphatic carbocycles. The summed E-state index contributed by atoms with van der Waals surface area (Å²) >= 11 is 0. The maximum absolute atomic E-state index is 13.6. The molecule has 0 spiro atoms. The van der Waals surface area contributed by atoms with E-state index in [-0.39, 0.29) is 5.75 Å². The molecule has 4 heteroatoms. The highest BCUT2D eigenvalue weighted by Crippen LogP contribution is 2.37. The molecule has 3 rings (SSSR count). The Labute approximate surface area is 153 Å². The molecule has 1 fully saturated rings. The summed E-state index contributed by atoms with van der Waals surface area (Å²) < 4.78 is 31.6. The predicted molar refractivity (Wildman–Crippen MR) is 97.4 cm³/mol. The standard InChI is InChI=1S/C22H24F2O2/c1-2-3-15-4-6-16(7-5-15)17-8-10-18(11-9-17)22(25)26-21-13-12-19(23)14-20(21)24/h8-16H,2-7H2,1H3. The fraction of sp³-hybridized carbons (Fsp3) is 0.409. The van der Waals surface area contributed by atoms with Crippen molar-refractivity contribution in [3.05, 3.63) is 65.2 Å². The van der Waals surface area contributed by atoms with Crippen LogP contribution in [0, 0.1) is 17.6 Å². The second-order valence-electron chi connectivity index (χ2n) is 7.09. The molecule has 2 aromatic rings. The number of rotatable bonds is 5. The minimum Gasteiger partial charge on any atom is -0.420 e. The molecule has 0 heterocycles. The highest BCUT2D eigenvalue weighted by molar-refractivity contribution is 5.91.